The van der Waals surface area contributed by atoms with Crippen molar-refractivity contribution >= 4 is 10.0 Å². The van der Waals surface area contributed by atoms with Crippen LogP contribution in [-0.4, -0.2) is 45.1 Å². The van der Waals surface area contributed by atoms with E-state index in [4.69, 9.17) is 4.74 Å². The van der Waals surface area contributed by atoms with Crippen LogP contribution in [0.2, 0.25) is 0 Å². The molecule has 2 saturated heterocycles. The topological polar surface area (TPSA) is 58.6 Å². The van der Waals surface area contributed by atoms with E-state index >= 15 is 0 Å². The number of nitrogens with one attached hydrogen (secondary N) is 1. The fourth-order valence-electron chi connectivity index (χ4n) is 3.53. The van der Waals surface area contributed by atoms with Gasteiger partial charge in [0.25, 0.3) is 0 Å². The summed E-state index contributed by atoms with van der Waals surface area (Å²) in [4.78, 5) is 2.74. The van der Waals surface area contributed by atoms with Crippen molar-refractivity contribution in [2.24, 2.45) is 0 Å². The fraction of sp³-hybridized carbons (Fsp3) is 0.625. The van der Waals surface area contributed by atoms with Crippen LogP contribution in [0.1, 0.15) is 32.6 Å². The van der Waals surface area contributed by atoms with Crippen LogP contribution >= 0.6 is 0 Å². The number of nitrogens with zero attached hydrogens (tertiary/aromatic N) is 1. The zero-order valence-electron chi connectivity index (χ0n) is 13.0. The summed E-state index contributed by atoms with van der Waals surface area (Å²) in [5.41, 5.74) is 0. The van der Waals surface area contributed by atoms with Gasteiger partial charge in [-0.1, -0.05) is 6.42 Å². The minimum Gasteiger partial charge on any atom is -0.494 e. The predicted octanol–water partition coefficient (Wildman–Crippen LogP) is 1.99. The van der Waals surface area contributed by atoms with Gasteiger partial charge >= 0.3 is 0 Å². The summed E-state index contributed by atoms with van der Waals surface area (Å²) in [7, 11) is -3.46. The molecule has 1 aromatic carbocycles. The first kappa shape index (κ1) is 15.8. The standard InChI is InChI=1S/C16H24N2O3S/c1-2-21-13-6-8-14(9-7-13)22(19,20)17-15-10-12-18-11-4-3-5-16(15)18/h6-9,15-17H,2-5,10-12H2,1H3/t15-,16-/m1/s1. The van der Waals surface area contributed by atoms with Gasteiger partial charge in [0.2, 0.25) is 10.0 Å². The summed E-state index contributed by atoms with van der Waals surface area (Å²) in [5.74, 6) is 0.695. The number of piperidine rings is 1. The molecule has 1 N–H and O–H groups in total. The van der Waals surface area contributed by atoms with Gasteiger partial charge < -0.3 is 4.74 Å². The summed E-state index contributed by atoms with van der Waals surface area (Å²) < 4.78 is 33.4. The molecule has 2 atom stereocenters. The Kier molecular flexibility index (Phi) is 4.70. The van der Waals surface area contributed by atoms with Crippen molar-refractivity contribution in [1.82, 2.24) is 9.62 Å². The molecule has 2 heterocycles. The Morgan fingerprint density at radius 1 is 1.18 bits per heavy atom. The van der Waals surface area contributed by atoms with Gasteiger partial charge in [0.05, 0.1) is 11.5 Å². The molecule has 122 valence electrons. The second kappa shape index (κ2) is 6.56. The van der Waals surface area contributed by atoms with Crippen molar-refractivity contribution in [3.63, 3.8) is 0 Å². The molecule has 0 unspecified atom stereocenters. The van der Waals surface area contributed by atoms with Crippen LogP contribution in [0, 0.1) is 0 Å². The van der Waals surface area contributed by atoms with Crippen LogP contribution in [0.4, 0.5) is 0 Å². The van der Waals surface area contributed by atoms with Gasteiger partial charge in [-0.15, -0.1) is 0 Å². The fourth-order valence-corrected chi connectivity index (χ4v) is 4.84. The van der Waals surface area contributed by atoms with Gasteiger partial charge in [-0.3, -0.25) is 4.90 Å². The third kappa shape index (κ3) is 3.29. The minimum atomic E-state index is -3.46. The summed E-state index contributed by atoms with van der Waals surface area (Å²) >= 11 is 0. The number of benzene rings is 1. The molecular formula is C16H24N2O3S. The maximum absolute atomic E-state index is 12.6. The van der Waals surface area contributed by atoms with Crippen molar-refractivity contribution in [3.05, 3.63) is 24.3 Å². The van der Waals surface area contributed by atoms with Gasteiger partial charge in [-0.25, -0.2) is 13.1 Å². The smallest absolute Gasteiger partial charge is 0.240 e. The summed E-state index contributed by atoms with van der Waals surface area (Å²) in [6.07, 6.45) is 4.43. The number of hydrogen-bond acceptors (Lipinski definition) is 4. The number of fused-ring (bicyclic) bond motifs is 1. The zero-order chi connectivity index (χ0) is 15.6. The average Bonchev–Trinajstić information content (AvgIpc) is 2.91. The van der Waals surface area contributed by atoms with E-state index in [-0.39, 0.29) is 6.04 Å². The van der Waals surface area contributed by atoms with Crippen LogP contribution in [0.3, 0.4) is 0 Å². The van der Waals surface area contributed by atoms with Gasteiger partial charge in [-0.2, -0.15) is 0 Å². The van der Waals surface area contributed by atoms with Crippen LogP contribution in [0.25, 0.3) is 0 Å². The SMILES string of the molecule is CCOc1ccc(S(=O)(=O)N[C@@H]2CCN3CCCC[C@H]23)cc1. The van der Waals surface area contributed by atoms with E-state index in [0.717, 1.165) is 25.9 Å². The largest absolute Gasteiger partial charge is 0.494 e. The van der Waals surface area contributed by atoms with Gasteiger partial charge in [0.15, 0.2) is 0 Å². The highest BCUT2D eigenvalue weighted by molar-refractivity contribution is 7.89. The number of rotatable bonds is 5. The van der Waals surface area contributed by atoms with E-state index < -0.39 is 10.0 Å². The maximum Gasteiger partial charge on any atom is 0.240 e. The van der Waals surface area contributed by atoms with E-state index in [2.05, 4.69) is 9.62 Å². The molecule has 2 aliphatic rings. The molecule has 0 bridgehead atoms. The second-order valence-electron chi connectivity index (χ2n) is 6.02. The summed E-state index contributed by atoms with van der Waals surface area (Å²) in [5, 5.41) is 0. The molecule has 2 aliphatic heterocycles. The van der Waals surface area contributed by atoms with Crippen LogP contribution in [-0.2, 0) is 10.0 Å². The van der Waals surface area contributed by atoms with Crippen LogP contribution in [0.5, 0.6) is 5.75 Å². The number of sulfonamides is 1. The normalized spacial score (nSPS) is 25.9. The number of hydrogen-bond donors (Lipinski definition) is 1. The highest BCUT2D eigenvalue weighted by Crippen LogP contribution is 2.28. The molecule has 1 aromatic rings. The Morgan fingerprint density at radius 3 is 2.68 bits per heavy atom. The number of ether oxygens (including phenoxy) is 1. The van der Waals surface area contributed by atoms with Crippen LogP contribution < -0.4 is 9.46 Å². The first-order valence-corrected chi connectivity index (χ1v) is 9.58. The molecule has 0 aromatic heterocycles. The Balaban J connectivity index is 1.70. The predicted molar refractivity (Wildman–Crippen MR) is 85.5 cm³/mol. The average molecular weight is 324 g/mol. The Hall–Kier alpha value is -1.11. The molecular weight excluding hydrogens is 300 g/mol. The molecule has 0 spiro atoms. The second-order valence-corrected chi connectivity index (χ2v) is 7.73. The lowest BCUT2D eigenvalue weighted by Gasteiger charge is -2.32. The maximum atomic E-state index is 12.6. The van der Waals surface area contributed by atoms with Crippen molar-refractivity contribution in [2.45, 2.75) is 49.6 Å². The third-order valence-corrected chi connectivity index (χ3v) is 6.11. The molecule has 2 fully saturated rings. The molecule has 22 heavy (non-hydrogen) atoms. The van der Waals surface area contributed by atoms with E-state index in [1.54, 1.807) is 24.3 Å². The van der Waals surface area contributed by atoms with E-state index in [1.807, 2.05) is 6.92 Å². The summed E-state index contributed by atoms with van der Waals surface area (Å²) in [6.45, 7) is 4.58. The first-order chi connectivity index (χ1) is 10.6. The van der Waals surface area contributed by atoms with Crippen molar-refractivity contribution in [1.29, 1.82) is 0 Å². The van der Waals surface area contributed by atoms with E-state index in [9.17, 15) is 8.42 Å². The highest BCUT2D eigenvalue weighted by atomic mass is 32.2. The zero-order valence-corrected chi connectivity index (χ0v) is 13.8. The quantitative estimate of drug-likeness (QED) is 0.900. The van der Waals surface area contributed by atoms with Crippen molar-refractivity contribution < 1.29 is 13.2 Å². The van der Waals surface area contributed by atoms with Gasteiger partial charge in [0, 0.05) is 18.6 Å². The lowest BCUT2D eigenvalue weighted by molar-refractivity contribution is 0.186. The molecule has 0 radical (unpaired) electrons. The molecule has 6 heteroatoms. The van der Waals surface area contributed by atoms with Crippen molar-refractivity contribution in [3.8, 4) is 5.75 Å². The molecule has 5 nitrogen and oxygen atoms in total. The molecule has 0 saturated carbocycles. The monoisotopic (exact) mass is 324 g/mol. The Labute approximate surface area is 132 Å². The first-order valence-electron chi connectivity index (χ1n) is 8.09. The van der Waals surface area contributed by atoms with Gasteiger partial charge in [-0.05, 0) is 57.0 Å². The Morgan fingerprint density at radius 2 is 1.95 bits per heavy atom. The van der Waals surface area contributed by atoms with Crippen LogP contribution in [0.15, 0.2) is 29.2 Å². The minimum absolute atomic E-state index is 0.0388. The molecule has 0 aliphatic carbocycles. The highest BCUT2D eigenvalue weighted by Gasteiger charge is 2.37. The van der Waals surface area contributed by atoms with E-state index in [0.29, 0.717) is 23.3 Å². The lowest BCUT2D eigenvalue weighted by atomic mass is 10.00. The molecule has 0 amide bonds. The van der Waals surface area contributed by atoms with Crippen molar-refractivity contribution in [2.75, 3.05) is 19.7 Å². The third-order valence-electron chi connectivity index (χ3n) is 4.61. The lowest BCUT2D eigenvalue weighted by Crippen LogP contribution is -2.46. The van der Waals surface area contributed by atoms with E-state index in [1.165, 1.54) is 12.8 Å². The van der Waals surface area contributed by atoms with Gasteiger partial charge in [0.1, 0.15) is 5.75 Å². The Bertz CT molecular complexity index is 600. The molecule has 3 rings (SSSR count). The summed E-state index contributed by atoms with van der Waals surface area (Å²) in [6, 6.07) is 7.05.